The van der Waals surface area contributed by atoms with Crippen LogP contribution in [0.4, 0.5) is 5.69 Å². The van der Waals surface area contributed by atoms with E-state index in [-0.39, 0.29) is 17.6 Å². The Bertz CT molecular complexity index is 851. The summed E-state index contributed by atoms with van der Waals surface area (Å²) in [5.41, 5.74) is 1.19. The van der Waals surface area contributed by atoms with Gasteiger partial charge in [-0.3, -0.25) is 9.59 Å². The molecule has 2 amide bonds. The summed E-state index contributed by atoms with van der Waals surface area (Å²) in [4.78, 5) is 30.6. The highest BCUT2D eigenvalue weighted by molar-refractivity contribution is 7.99. The van der Waals surface area contributed by atoms with E-state index in [1.165, 1.54) is 17.4 Å². The predicted molar refractivity (Wildman–Crippen MR) is 114 cm³/mol. The molecule has 0 saturated carbocycles. The number of amides is 2. The van der Waals surface area contributed by atoms with Gasteiger partial charge in [0.25, 0.3) is 5.22 Å². The first-order valence-corrected chi connectivity index (χ1v) is 11.5. The summed E-state index contributed by atoms with van der Waals surface area (Å²) in [6.45, 7) is 4.16. The first-order chi connectivity index (χ1) is 14.7. The van der Waals surface area contributed by atoms with Gasteiger partial charge in [-0.2, -0.15) is 0 Å². The van der Waals surface area contributed by atoms with E-state index in [4.69, 9.17) is 4.42 Å². The lowest BCUT2D eigenvalue weighted by Crippen LogP contribution is -2.49. The molecule has 160 valence electrons. The Hall–Kier alpha value is -2.55. The lowest BCUT2D eigenvalue weighted by molar-refractivity contribution is -0.131. The number of para-hydroxylation sites is 1. The fourth-order valence-electron chi connectivity index (χ4n) is 3.80. The third kappa shape index (κ3) is 5.33. The van der Waals surface area contributed by atoms with Crippen LogP contribution in [0.2, 0.25) is 0 Å². The van der Waals surface area contributed by atoms with Crippen LogP contribution in [0.1, 0.15) is 31.6 Å². The molecule has 2 saturated heterocycles. The van der Waals surface area contributed by atoms with Gasteiger partial charge in [-0.15, -0.1) is 10.2 Å². The molecule has 2 fully saturated rings. The number of thioether (sulfide) groups is 1. The fraction of sp³-hybridized carbons (Fsp3) is 0.524. The van der Waals surface area contributed by atoms with Crippen molar-refractivity contribution in [3.8, 4) is 0 Å². The molecule has 4 rings (SSSR count). The number of nitrogens with zero attached hydrogens (tertiary/aromatic N) is 5. The van der Waals surface area contributed by atoms with Gasteiger partial charge >= 0.3 is 0 Å². The number of hydrogen-bond donors (Lipinski definition) is 0. The number of carbonyl (C=O) groups is 2. The Balaban J connectivity index is 1.22. The number of anilines is 1. The second kappa shape index (κ2) is 9.97. The van der Waals surface area contributed by atoms with Gasteiger partial charge in [0.05, 0.1) is 12.3 Å². The fourth-order valence-corrected chi connectivity index (χ4v) is 4.48. The Morgan fingerprint density at radius 3 is 2.60 bits per heavy atom. The van der Waals surface area contributed by atoms with Gasteiger partial charge in [0, 0.05) is 44.8 Å². The largest absolute Gasteiger partial charge is 0.414 e. The summed E-state index contributed by atoms with van der Waals surface area (Å²) in [6.07, 6.45) is 3.62. The maximum atomic E-state index is 12.6. The van der Waals surface area contributed by atoms with E-state index in [0.717, 1.165) is 38.9 Å². The minimum Gasteiger partial charge on any atom is -0.414 e. The minimum atomic E-state index is 0.0788. The molecule has 0 radical (unpaired) electrons. The van der Waals surface area contributed by atoms with Crippen molar-refractivity contribution >= 4 is 29.3 Å². The number of aromatic nitrogens is 2. The lowest BCUT2D eigenvalue weighted by atomic mass is 10.2. The van der Waals surface area contributed by atoms with Gasteiger partial charge < -0.3 is 19.1 Å². The van der Waals surface area contributed by atoms with Crippen LogP contribution < -0.4 is 4.90 Å². The summed E-state index contributed by atoms with van der Waals surface area (Å²) in [6, 6.07) is 10.3. The second-order valence-electron chi connectivity index (χ2n) is 7.58. The summed E-state index contributed by atoms with van der Waals surface area (Å²) in [5, 5.41) is 8.45. The molecule has 0 bridgehead atoms. The zero-order valence-electron chi connectivity index (χ0n) is 17.0. The molecule has 2 aliphatic rings. The van der Waals surface area contributed by atoms with E-state index in [0.29, 0.717) is 37.2 Å². The molecule has 0 atom stereocenters. The van der Waals surface area contributed by atoms with Crippen molar-refractivity contribution in [3.63, 3.8) is 0 Å². The Morgan fingerprint density at radius 2 is 1.80 bits per heavy atom. The maximum absolute atomic E-state index is 12.6. The summed E-state index contributed by atoms with van der Waals surface area (Å²) >= 11 is 1.26. The zero-order chi connectivity index (χ0) is 20.8. The molecule has 0 aliphatic carbocycles. The van der Waals surface area contributed by atoms with E-state index < -0.39 is 0 Å². The van der Waals surface area contributed by atoms with Crippen LogP contribution in [0.25, 0.3) is 0 Å². The van der Waals surface area contributed by atoms with Crippen LogP contribution in [0.15, 0.2) is 40.0 Å². The van der Waals surface area contributed by atoms with Crippen molar-refractivity contribution in [2.75, 3.05) is 43.4 Å². The van der Waals surface area contributed by atoms with Crippen LogP contribution in [0, 0.1) is 0 Å². The molecule has 2 aromatic rings. The quantitative estimate of drug-likeness (QED) is 0.652. The van der Waals surface area contributed by atoms with Crippen LogP contribution in [0.3, 0.4) is 0 Å². The third-order valence-electron chi connectivity index (χ3n) is 5.52. The molecule has 1 aromatic heterocycles. The second-order valence-corrected chi connectivity index (χ2v) is 8.51. The first kappa shape index (κ1) is 20.7. The van der Waals surface area contributed by atoms with Gasteiger partial charge in [-0.05, 0) is 25.0 Å². The molecule has 0 spiro atoms. The van der Waals surface area contributed by atoms with Crippen molar-refractivity contribution in [3.05, 3.63) is 36.2 Å². The molecule has 1 aromatic carbocycles. The molecule has 0 N–H and O–H groups in total. The molecule has 0 unspecified atom stereocenters. The molecule has 9 heteroatoms. The smallest absolute Gasteiger partial charge is 0.277 e. The summed E-state index contributed by atoms with van der Waals surface area (Å²) < 4.78 is 5.66. The molecule has 2 aliphatic heterocycles. The van der Waals surface area contributed by atoms with Gasteiger partial charge in [-0.25, -0.2) is 0 Å². The number of benzene rings is 1. The van der Waals surface area contributed by atoms with Gasteiger partial charge in [0.1, 0.15) is 0 Å². The average molecular weight is 430 g/mol. The zero-order valence-corrected chi connectivity index (χ0v) is 17.9. The van der Waals surface area contributed by atoms with Gasteiger partial charge in [0.15, 0.2) is 0 Å². The molecular formula is C21H27N5O3S. The van der Waals surface area contributed by atoms with Gasteiger partial charge in [-0.1, -0.05) is 36.4 Å². The van der Waals surface area contributed by atoms with Crippen LogP contribution >= 0.6 is 11.8 Å². The molecule has 30 heavy (non-hydrogen) atoms. The first-order valence-electron chi connectivity index (χ1n) is 10.5. The van der Waals surface area contributed by atoms with Crippen LogP contribution in [-0.4, -0.2) is 70.3 Å². The van der Waals surface area contributed by atoms with E-state index in [1.807, 2.05) is 23.1 Å². The number of rotatable bonds is 6. The molecular weight excluding hydrogens is 402 g/mol. The monoisotopic (exact) mass is 429 g/mol. The lowest BCUT2D eigenvalue weighted by Gasteiger charge is -2.36. The minimum absolute atomic E-state index is 0.0788. The predicted octanol–water partition coefficient (Wildman–Crippen LogP) is 2.41. The normalized spacial score (nSPS) is 17.9. The standard InChI is InChI=1S/C21H27N5O3S/c27-19-9-5-2-6-10-26(19)15-18-22-23-21(29-18)30-16-20(28)25-13-11-24(12-14-25)17-7-3-1-4-8-17/h1,3-4,7-8H,2,5-6,9-16H2. The van der Waals surface area contributed by atoms with Crippen molar-refractivity contribution in [1.82, 2.24) is 20.0 Å². The van der Waals surface area contributed by atoms with E-state index in [2.05, 4.69) is 27.2 Å². The number of carbonyl (C=O) groups excluding carboxylic acids is 2. The highest BCUT2D eigenvalue weighted by Crippen LogP contribution is 2.20. The third-order valence-corrected chi connectivity index (χ3v) is 6.32. The maximum Gasteiger partial charge on any atom is 0.277 e. The molecule has 3 heterocycles. The van der Waals surface area contributed by atoms with Crippen molar-refractivity contribution in [1.29, 1.82) is 0 Å². The topological polar surface area (TPSA) is 82.8 Å². The highest BCUT2D eigenvalue weighted by atomic mass is 32.2. The van der Waals surface area contributed by atoms with Gasteiger partial charge in [0.2, 0.25) is 17.7 Å². The Labute approximate surface area is 180 Å². The van der Waals surface area contributed by atoms with Crippen LogP contribution in [0.5, 0.6) is 0 Å². The number of piperazine rings is 1. The summed E-state index contributed by atoms with van der Waals surface area (Å²) in [5.74, 6) is 0.923. The van der Waals surface area contributed by atoms with Crippen molar-refractivity contribution in [2.45, 2.75) is 37.5 Å². The Morgan fingerprint density at radius 1 is 1.00 bits per heavy atom. The molecule has 8 nitrogen and oxygen atoms in total. The number of likely N-dealkylation sites (tertiary alicyclic amines) is 1. The van der Waals surface area contributed by atoms with Crippen molar-refractivity contribution < 1.29 is 14.0 Å². The highest BCUT2D eigenvalue weighted by Gasteiger charge is 2.23. The number of hydrogen-bond acceptors (Lipinski definition) is 7. The van der Waals surface area contributed by atoms with Crippen LogP contribution in [-0.2, 0) is 16.1 Å². The van der Waals surface area contributed by atoms with Crippen molar-refractivity contribution in [2.24, 2.45) is 0 Å². The summed E-state index contributed by atoms with van der Waals surface area (Å²) in [7, 11) is 0. The SMILES string of the molecule is O=C(CSc1nnc(CN2CCCCCC2=O)o1)N1CCN(c2ccccc2)CC1. The average Bonchev–Trinajstić information content (AvgIpc) is 3.14. The Kier molecular flexibility index (Phi) is 6.88. The van der Waals surface area contributed by atoms with E-state index >= 15 is 0 Å². The van der Waals surface area contributed by atoms with E-state index in [1.54, 1.807) is 4.90 Å². The van der Waals surface area contributed by atoms with E-state index in [9.17, 15) is 9.59 Å².